The fourth-order valence-corrected chi connectivity index (χ4v) is 5.60. The minimum absolute atomic E-state index is 0.0589. The molecule has 2 N–H and O–H groups in total. The average molecular weight is 559 g/mol. The van der Waals surface area contributed by atoms with Crippen LogP contribution in [0.3, 0.4) is 0 Å². The Bertz CT molecular complexity index is 1450. The summed E-state index contributed by atoms with van der Waals surface area (Å²) in [5.41, 5.74) is 1.40. The van der Waals surface area contributed by atoms with Crippen LogP contribution in [0.15, 0.2) is 51.9 Å². The molecule has 0 saturated carbocycles. The van der Waals surface area contributed by atoms with E-state index in [1.54, 1.807) is 38.1 Å². The van der Waals surface area contributed by atoms with Gasteiger partial charge in [0.2, 0.25) is 11.8 Å². The number of aromatic nitrogens is 1. The predicted octanol–water partition coefficient (Wildman–Crippen LogP) is 4.80. The molecule has 0 fully saturated rings. The SMILES string of the molecule is CCCC(=O)N(Cc1ccc(-c2ccccc2S(=O)(=O)Nc2noc(C)c2C)cc1F)[C@H](C(=O)NC)C(C)C. The Morgan fingerprint density at radius 2 is 1.82 bits per heavy atom. The summed E-state index contributed by atoms with van der Waals surface area (Å²) in [5.74, 6) is -0.822. The Labute approximate surface area is 228 Å². The number of aryl methyl sites for hydroxylation is 1. The summed E-state index contributed by atoms with van der Waals surface area (Å²) < 4.78 is 49.5. The monoisotopic (exact) mass is 558 g/mol. The van der Waals surface area contributed by atoms with Crippen molar-refractivity contribution in [2.45, 2.75) is 64.9 Å². The van der Waals surface area contributed by atoms with Gasteiger partial charge < -0.3 is 14.7 Å². The number of carbonyl (C=O) groups excluding carboxylic acids is 2. The van der Waals surface area contributed by atoms with Crippen LogP contribution in [0.5, 0.6) is 0 Å². The van der Waals surface area contributed by atoms with E-state index >= 15 is 4.39 Å². The van der Waals surface area contributed by atoms with Gasteiger partial charge in [-0.05, 0) is 43.9 Å². The number of anilines is 1. The predicted molar refractivity (Wildman–Crippen MR) is 147 cm³/mol. The molecule has 1 atom stereocenters. The molecule has 11 heteroatoms. The molecule has 1 aromatic heterocycles. The van der Waals surface area contributed by atoms with Crippen molar-refractivity contribution in [3.8, 4) is 11.1 Å². The standard InChI is InChI=1S/C28H35FN4O5S/c1-7-10-25(34)33(26(17(2)3)28(35)30-6)16-21-14-13-20(15-23(21)29)22-11-8-9-12-24(22)39(36,37)32-27-18(4)19(5)38-31-27/h8-9,11-15,17,26H,7,10,16H2,1-6H3,(H,30,35)(H,31,32)/t26-/m0/s1. The number of benzene rings is 2. The van der Waals surface area contributed by atoms with Crippen molar-refractivity contribution in [3.63, 3.8) is 0 Å². The molecule has 0 aliphatic rings. The van der Waals surface area contributed by atoms with Crippen LogP contribution >= 0.6 is 0 Å². The molecule has 210 valence electrons. The first kappa shape index (κ1) is 29.8. The summed E-state index contributed by atoms with van der Waals surface area (Å²) in [6.07, 6.45) is 0.810. The Balaban J connectivity index is 1.98. The number of hydrogen-bond acceptors (Lipinski definition) is 6. The number of sulfonamides is 1. The highest BCUT2D eigenvalue weighted by molar-refractivity contribution is 7.92. The smallest absolute Gasteiger partial charge is 0.263 e. The molecule has 0 radical (unpaired) electrons. The Morgan fingerprint density at radius 3 is 2.38 bits per heavy atom. The maximum Gasteiger partial charge on any atom is 0.263 e. The highest BCUT2D eigenvalue weighted by atomic mass is 32.2. The second-order valence-corrected chi connectivity index (χ2v) is 11.3. The lowest BCUT2D eigenvalue weighted by Crippen LogP contribution is -2.51. The molecule has 3 rings (SSSR count). The van der Waals surface area contributed by atoms with Gasteiger partial charge in [0.25, 0.3) is 10.0 Å². The number of nitrogens with zero attached hydrogens (tertiary/aromatic N) is 2. The van der Waals surface area contributed by atoms with Crippen LogP contribution in [0.4, 0.5) is 10.2 Å². The van der Waals surface area contributed by atoms with Crippen molar-refractivity contribution < 1.29 is 26.9 Å². The van der Waals surface area contributed by atoms with E-state index in [0.29, 0.717) is 23.3 Å². The number of carbonyl (C=O) groups is 2. The third-order valence-electron chi connectivity index (χ3n) is 6.54. The van der Waals surface area contributed by atoms with E-state index in [9.17, 15) is 18.0 Å². The largest absolute Gasteiger partial charge is 0.359 e. The lowest BCUT2D eigenvalue weighted by atomic mass is 9.98. The van der Waals surface area contributed by atoms with Gasteiger partial charge in [0, 0.05) is 36.7 Å². The molecule has 9 nitrogen and oxygen atoms in total. The minimum atomic E-state index is -4.09. The first-order chi connectivity index (χ1) is 18.4. The van der Waals surface area contributed by atoms with Crippen LogP contribution in [-0.4, -0.2) is 43.4 Å². The van der Waals surface area contributed by atoms with Crippen molar-refractivity contribution in [3.05, 3.63) is 65.2 Å². The highest BCUT2D eigenvalue weighted by Gasteiger charge is 2.32. The van der Waals surface area contributed by atoms with E-state index in [2.05, 4.69) is 15.2 Å². The van der Waals surface area contributed by atoms with Crippen molar-refractivity contribution in [1.82, 2.24) is 15.4 Å². The second kappa shape index (κ2) is 12.4. The fraction of sp³-hybridized carbons (Fsp3) is 0.393. The molecule has 2 aromatic carbocycles. The molecule has 0 spiro atoms. The van der Waals surface area contributed by atoms with E-state index in [0.717, 1.165) is 0 Å². The maximum absolute atomic E-state index is 15.5. The van der Waals surface area contributed by atoms with Gasteiger partial charge in [0.15, 0.2) is 5.82 Å². The fourth-order valence-electron chi connectivity index (χ4n) is 4.31. The van der Waals surface area contributed by atoms with Crippen molar-refractivity contribution >= 4 is 27.7 Å². The van der Waals surface area contributed by atoms with Crippen LogP contribution < -0.4 is 10.0 Å². The number of amides is 2. The summed E-state index contributed by atoms with van der Waals surface area (Å²) in [7, 11) is -2.59. The quantitative estimate of drug-likeness (QED) is 0.349. The number of halogens is 1. The minimum Gasteiger partial charge on any atom is -0.359 e. The first-order valence-corrected chi connectivity index (χ1v) is 14.2. The zero-order valence-corrected chi connectivity index (χ0v) is 23.9. The number of nitrogens with one attached hydrogen (secondary N) is 2. The lowest BCUT2D eigenvalue weighted by Gasteiger charge is -2.33. The van der Waals surface area contributed by atoms with Crippen LogP contribution in [0.2, 0.25) is 0 Å². The van der Waals surface area contributed by atoms with Gasteiger partial charge in [-0.3, -0.25) is 14.3 Å². The van der Waals surface area contributed by atoms with Crippen LogP contribution in [0.25, 0.3) is 11.1 Å². The maximum atomic E-state index is 15.5. The normalized spacial score (nSPS) is 12.3. The third kappa shape index (κ3) is 6.65. The average Bonchev–Trinajstić information content (AvgIpc) is 3.20. The van der Waals surface area contributed by atoms with Crippen molar-refractivity contribution in [1.29, 1.82) is 0 Å². The molecular weight excluding hydrogens is 523 g/mol. The Hall–Kier alpha value is -3.73. The molecule has 1 heterocycles. The Morgan fingerprint density at radius 1 is 1.13 bits per heavy atom. The van der Waals surface area contributed by atoms with Crippen molar-refractivity contribution in [2.24, 2.45) is 5.92 Å². The first-order valence-electron chi connectivity index (χ1n) is 12.8. The Kier molecular flexibility index (Phi) is 9.49. The van der Waals surface area contributed by atoms with Gasteiger partial charge in [0.1, 0.15) is 17.6 Å². The number of likely N-dealkylation sites (N-methyl/N-ethyl adjacent to an activating group) is 1. The molecule has 0 aliphatic carbocycles. The summed E-state index contributed by atoms with van der Waals surface area (Å²) in [6, 6.07) is 9.83. The molecule has 39 heavy (non-hydrogen) atoms. The van der Waals surface area contributed by atoms with E-state index in [1.807, 2.05) is 20.8 Å². The molecule has 3 aromatic rings. The zero-order chi connectivity index (χ0) is 28.9. The van der Waals surface area contributed by atoms with Crippen LogP contribution in [-0.2, 0) is 26.2 Å². The number of hydrogen-bond donors (Lipinski definition) is 2. The van der Waals surface area contributed by atoms with Gasteiger partial charge in [-0.2, -0.15) is 0 Å². The van der Waals surface area contributed by atoms with Gasteiger partial charge in [0.05, 0.1) is 4.90 Å². The molecule has 0 unspecified atom stereocenters. The van der Waals surface area contributed by atoms with Gasteiger partial charge in [-0.25, -0.2) is 12.8 Å². The highest BCUT2D eigenvalue weighted by Crippen LogP contribution is 2.31. The molecule has 0 aliphatic heterocycles. The number of rotatable bonds is 11. The zero-order valence-electron chi connectivity index (χ0n) is 23.0. The van der Waals surface area contributed by atoms with E-state index in [4.69, 9.17) is 4.52 Å². The summed E-state index contributed by atoms with van der Waals surface area (Å²) in [4.78, 5) is 27.0. The van der Waals surface area contributed by atoms with Crippen LogP contribution in [0, 0.1) is 25.6 Å². The van der Waals surface area contributed by atoms with Crippen LogP contribution in [0.1, 0.15) is 50.5 Å². The van der Waals surface area contributed by atoms with E-state index < -0.39 is 21.9 Å². The van der Waals surface area contributed by atoms with Gasteiger partial charge in [-0.1, -0.05) is 56.3 Å². The molecule has 0 bridgehead atoms. The molecule has 0 saturated heterocycles. The summed E-state index contributed by atoms with van der Waals surface area (Å²) >= 11 is 0. The van der Waals surface area contributed by atoms with Crippen molar-refractivity contribution in [2.75, 3.05) is 11.8 Å². The third-order valence-corrected chi connectivity index (χ3v) is 7.93. The topological polar surface area (TPSA) is 122 Å². The van der Waals surface area contributed by atoms with E-state index in [1.165, 1.54) is 30.1 Å². The summed E-state index contributed by atoms with van der Waals surface area (Å²) in [5, 5.41) is 6.37. The second-order valence-electron chi connectivity index (χ2n) is 9.69. The van der Waals surface area contributed by atoms with Gasteiger partial charge >= 0.3 is 0 Å². The summed E-state index contributed by atoms with van der Waals surface area (Å²) in [6.45, 7) is 8.78. The molecule has 2 amide bonds. The lowest BCUT2D eigenvalue weighted by molar-refractivity contribution is -0.142. The van der Waals surface area contributed by atoms with Gasteiger partial charge in [-0.15, -0.1) is 0 Å². The van der Waals surface area contributed by atoms with E-state index in [-0.39, 0.29) is 52.5 Å². The molecular formula is C28H35FN4O5S.